The summed E-state index contributed by atoms with van der Waals surface area (Å²) in [4.78, 5) is 0. The van der Waals surface area contributed by atoms with Gasteiger partial charge in [0.25, 0.3) is 0 Å². The van der Waals surface area contributed by atoms with Crippen LogP contribution in [0.15, 0.2) is 29.4 Å². The number of benzene rings is 1. The summed E-state index contributed by atoms with van der Waals surface area (Å²) in [6.45, 7) is 2.95. The topological polar surface area (TPSA) is 30.7 Å². The smallest absolute Gasteiger partial charge is 0.191 e. The fraction of sp³-hybridized carbons (Fsp3) is 0.273. The predicted molar refractivity (Wildman–Crippen MR) is 67.9 cm³/mol. The van der Waals surface area contributed by atoms with Crippen molar-refractivity contribution >= 4 is 23.4 Å². The Morgan fingerprint density at radius 1 is 1.25 bits per heavy atom. The lowest BCUT2D eigenvalue weighted by atomic mass is 10.2. The van der Waals surface area contributed by atoms with Gasteiger partial charge in [-0.25, -0.2) is 0 Å². The van der Waals surface area contributed by atoms with E-state index in [1.54, 1.807) is 11.8 Å². The van der Waals surface area contributed by atoms with Gasteiger partial charge in [-0.15, -0.1) is 10.2 Å². The van der Waals surface area contributed by atoms with Gasteiger partial charge in [-0.3, -0.25) is 0 Å². The van der Waals surface area contributed by atoms with Crippen molar-refractivity contribution in [2.45, 2.75) is 18.6 Å². The van der Waals surface area contributed by atoms with E-state index in [2.05, 4.69) is 21.7 Å². The molecule has 2 aromatic rings. The van der Waals surface area contributed by atoms with E-state index in [9.17, 15) is 0 Å². The second-order valence-electron chi connectivity index (χ2n) is 3.26. The number of hydrogen-bond donors (Lipinski definition) is 0. The normalized spacial score (nSPS) is 10.7. The van der Waals surface area contributed by atoms with Gasteiger partial charge in [-0.2, -0.15) is 0 Å². The Hall–Kier alpha value is -1.00. The molecule has 0 fully saturated rings. The number of thioether (sulfide) groups is 1. The molecular weight excluding hydrogens is 242 g/mol. The first-order valence-corrected chi connectivity index (χ1v) is 6.59. The van der Waals surface area contributed by atoms with Crippen molar-refractivity contribution in [1.82, 2.24) is 14.8 Å². The molecule has 0 aliphatic carbocycles. The molecule has 1 heterocycles. The summed E-state index contributed by atoms with van der Waals surface area (Å²) in [5.74, 6) is 0.892. The number of halogens is 1. The Balaban J connectivity index is 2.47. The summed E-state index contributed by atoms with van der Waals surface area (Å²) in [6.07, 6.45) is 2.00. The van der Waals surface area contributed by atoms with Gasteiger partial charge in [0.2, 0.25) is 0 Å². The Labute approximate surface area is 104 Å². The zero-order valence-electron chi connectivity index (χ0n) is 9.14. The summed E-state index contributed by atoms with van der Waals surface area (Å²) in [6, 6.07) is 7.65. The highest BCUT2D eigenvalue weighted by Gasteiger charge is 2.11. The van der Waals surface area contributed by atoms with Crippen molar-refractivity contribution in [3.63, 3.8) is 0 Å². The van der Waals surface area contributed by atoms with E-state index in [1.165, 1.54) is 0 Å². The zero-order chi connectivity index (χ0) is 11.5. The minimum Gasteiger partial charge on any atom is -0.302 e. The first-order chi connectivity index (χ1) is 7.76. The van der Waals surface area contributed by atoms with Gasteiger partial charge < -0.3 is 4.57 Å². The maximum atomic E-state index is 5.86. The van der Waals surface area contributed by atoms with Gasteiger partial charge in [0.05, 0.1) is 0 Å². The predicted octanol–water partition coefficient (Wildman–Crippen LogP) is 3.34. The van der Waals surface area contributed by atoms with Crippen LogP contribution in [0.4, 0.5) is 0 Å². The van der Waals surface area contributed by atoms with Gasteiger partial charge >= 0.3 is 0 Å². The molecule has 0 N–H and O–H groups in total. The minimum absolute atomic E-state index is 0.733. The fourth-order valence-corrected chi connectivity index (χ4v) is 2.22. The summed E-state index contributed by atoms with van der Waals surface area (Å²) in [5, 5.41) is 10.0. The lowest BCUT2D eigenvalue weighted by Gasteiger charge is -2.05. The van der Waals surface area contributed by atoms with Gasteiger partial charge in [-0.1, -0.05) is 23.4 Å². The van der Waals surface area contributed by atoms with Crippen LogP contribution in [0.25, 0.3) is 11.4 Å². The van der Waals surface area contributed by atoms with Crippen molar-refractivity contribution in [2.75, 3.05) is 6.26 Å². The summed E-state index contributed by atoms with van der Waals surface area (Å²) >= 11 is 7.46. The molecule has 0 spiro atoms. The molecule has 0 aliphatic heterocycles. The maximum Gasteiger partial charge on any atom is 0.191 e. The van der Waals surface area contributed by atoms with E-state index in [4.69, 9.17) is 11.6 Å². The summed E-state index contributed by atoms with van der Waals surface area (Å²) in [5.41, 5.74) is 1.04. The summed E-state index contributed by atoms with van der Waals surface area (Å²) in [7, 11) is 0. The van der Waals surface area contributed by atoms with Crippen molar-refractivity contribution in [3.05, 3.63) is 29.3 Å². The second-order valence-corrected chi connectivity index (χ2v) is 4.47. The molecular formula is C11H12ClN3S. The fourth-order valence-electron chi connectivity index (χ4n) is 1.54. The molecule has 5 heteroatoms. The first-order valence-electron chi connectivity index (χ1n) is 4.99. The highest BCUT2D eigenvalue weighted by molar-refractivity contribution is 7.98. The molecule has 0 amide bonds. The van der Waals surface area contributed by atoms with Gasteiger partial charge in [0.1, 0.15) is 0 Å². The third-order valence-electron chi connectivity index (χ3n) is 2.32. The van der Waals surface area contributed by atoms with E-state index in [0.29, 0.717) is 0 Å². The molecule has 84 valence electrons. The Morgan fingerprint density at radius 3 is 2.50 bits per heavy atom. The molecule has 2 rings (SSSR count). The lowest BCUT2D eigenvalue weighted by Crippen LogP contribution is -1.99. The molecule has 16 heavy (non-hydrogen) atoms. The molecule has 0 atom stereocenters. The number of rotatable bonds is 3. The van der Waals surface area contributed by atoms with E-state index in [-0.39, 0.29) is 0 Å². The van der Waals surface area contributed by atoms with Crippen LogP contribution in [0.3, 0.4) is 0 Å². The molecule has 0 saturated carbocycles. The van der Waals surface area contributed by atoms with E-state index < -0.39 is 0 Å². The number of aromatic nitrogens is 3. The SMILES string of the molecule is CCn1c(SC)nnc1-c1ccc(Cl)cc1. The average Bonchev–Trinajstić information content (AvgIpc) is 2.72. The first kappa shape index (κ1) is 11.5. The molecule has 0 unspecified atom stereocenters. The van der Waals surface area contributed by atoms with Gasteiger partial charge in [0, 0.05) is 17.1 Å². The Morgan fingerprint density at radius 2 is 1.94 bits per heavy atom. The molecule has 0 saturated heterocycles. The monoisotopic (exact) mass is 253 g/mol. The summed E-state index contributed by atoms with van der Waals surface area (Å²) < 4.78 is 2.09. The van der Waals surface area contributed by atoms with Crippen LogP contribution in [-0.2, 0) is 6.54 Å². The van der Waals surface area contributed by atoms with E-state index in [0.717, 1.165) is 28.1 Å². The Kier molecular flexibility index (Phi) is 3.51. The third-order valence-corrected chi connectivity index (χ3v) is 3.24. The van der Waals surface area contributed by atoms with Crippen molar-refractivity contribution < 1.29 is 0 Å². The maximum absolute atomic E-state index is 5.86. The largest absolute Gasteiger partial charge is 0.302 e. The van der Waals surface area contributed by atoms with Gasteiger partial charge in [0.15, 0.2) is 11.0 Å². The van der Waals surface area contributed by atoms with Crippen LogP contribution in [0.5, 0.6) is 0 Å². The number of hydrogen-bond acceptors (Lipinski definition) is 3. The zero-order valence-corrected chi connectivity index (χ0v) is 10.7. The van der Waals surface area contributed by atoms with Crippen LogP contribution in [-0.4, -0.2) is 21.0 Å². The van der Waals surface area contributed by atoms with Crippen LogP contribution in [0, 0.1) is 0 Å². The minimum atomic E-state index is 0.733. The van der Waals surface area contributed by atoms with Crippen LogP contribution < -0.4 is 0 Å². The van der Waals surface area contributed by atoms with Gasteiger partial charge in [-0.05, 0) is 37.4 Å². The molecule has 0 bridgehead atoms. The van der Waals surface area contributed by atoms with Crippen molar-refractivity contribution in [1.29, 1.82) is 0 Å². The third kappa shape index (κ3) is 2.08. The van der Waals surface area contributed by atoms with Crippen molar-refractivity contribution in [2.24, 2.45) is 0 Å². The molecule has 3 nitrogen and oxygen atoms in total. The lowest BCUT2D eigenvalue weighted by molar-refractivity contribution is 0.688. The van der Waals surface area contributed by atoms with E-state index >= 15 is 0 Å². The highest BCUT2D eigenvalue weighted by Crippen LogP contribution is 2.23. The Bertz CT molecular complexity index is 478. The molecule has 1 aromatic heterocycles. The highest BCUT2D eigenvalue weighted by atomic mass is 35.5. The van der Waals surface area contributed by atoms with Crippen LogP contribution >= 0.6 is 23.4 Å². The van der Waals surface area contributed by atoms with Crippen LogP contribution in [0.1, 0.15) is 6.92 Å². The molecule has 0 radical (unpaired) electrons. The molecule has 0 aliphatic rings. The standard InChI is InChI=1S/C11H12ClN3S/c1-3-15-10(13-14-11(15)16-2)8-4-6-9(12)7-5-8/h4-7H,3H2,1-2H3. The average molecular weight is 254 g/mol. The second kappa shape index (κ2) is 4.89. The van der Waals surface area contributed by atoms with Crippen molar-refractivity contribution in [3.8, 4) is 11.4 Å². The number of nitrogens with zero attached hydrogens (tertiary/aromatic N) is 3. The molecule has 1 aromatic carbocycles. The quantitative estimate of drug-likeness (QED) is 0.786. The van der Waals surface area contributed by atoms with Crippen LogP contribution in [0.2, 0.25) is 5.02 Å². The van der Waals surface area contributed by atoms with E-state index in [1.807, 2.05) is 30.5 Å².